The molecule has 3 aromatic carbocycles. The van der Waals surface area contributed by atoms with Crippen molar-refractivity contribution < 1.29 is 36.6 Å². The van der Waals surface area contributed by atoms with E-state index in [9.17, 15) is 17.6 Å². The molecule has 1 N–H and O–H groups in total. The third-order valence-corrected chi connectivity index (χ3v) is 11.3. The van der Waals surface area contributed by atoms with Crippen molar-refractivity contribution in [1.82, 2.24) is 24.5 Å². The maximum Gasteiger partial charge on any atom is 0.243 e. The molecule has 0 bridgehead atoms. The van der Waals surface area contributed by atoms with E-state index in [1.54, 1.807) is 24.4 Å². The molecule has 1 aromatic heterocycles. The number of halogens is 1. The summed E-state index contributed by atoms with van der Waals surface area (Å²) >= 11 is 0. The summed E-state index contributed by atoms with van der Waals surface area (Å²) in [5.41, 5.74) is 2.37. The van der Waals surface area contributed by atoms with E-state index in [0.29, 0.717) is 54.6 Å². The number of nitrogens with one attached hydrogen (secondary N) is 1. The van der Waals surface area contributed by atoms with Gasteiger partial charge in [0, 0.05) is 45.5 Å². The maximum atomic E-state index is 14.0. The molecule has 4 aliphatic rings. The molecule has 0 aliphatic carbocycles. The minimum Gasteiger partial charge on any atom is -0.454 e. The molecule has 50 heavy (non-hydrogen) atoms. The summed E-state index contributed by atoms with van der Waals surface area (Å²) in [5.74, 6) is 2.19. The zero-order valence-corrected chi connectivity index (χ0v) is 27.9. The Bertz CT molecular complexity index is 2010. The number of rotatable bonds is 9. The van der Waals surface area contributed by atoms with Crippen molar-refractivity contribution in [3.63, 3.8) is 0 Å². The van der Waals surface area contributed by atoms with Gasteiger partial charge in [0.2, 0.25) is 35.5 Å². The SMILES string of the molecule is O=C(NC(c1ccc2c(c1)OCO2)c1ccnc(N2CCN(Cc3ccc4c(c3)OCO4)CC2)n1)[C@@H]1CCCN1S(=O)(=O)c1ccc(F)cc1. The standard InChI is InChI=1S/C35H35FN6O7S/c36-25-5-7-26(8-6-25)50(44,45)42-13-1-2-28(42)34(43)39-33(24-4-10-30-32(19-24)49-22-47-30)27-11-12-37-35(38-27)41-16-14-40(15-17-41)20-23-3-9-29-31(18-23)48-21-46-29/h3-12,18-19,28,33H,1-2,13-17,20-22H2,(H,39,43)/t28-,33?/m0/s1. The van der Waals surface area contributed by atoms with E-state index in [0.717, 1.165) is 48.8 Å². The summed E-state index contributed by atoms with van der Waals surface area (Å²) in [5, 5.41) is 3.09. The number of sulfonamides is 1. The van der Waals surface area contributed by atoms with Crippen LogP contribution in [-0.2, 0) is 21.4 Å². The Hall–Kier alpha value is -4.99. The Labute approximate surface area is 288 Å². The molecule has 0 saturated carbocycles. The van der Waals surface area contributed by atoms with Crippen LogP contribution in [-0.4, -0.2) is 85.8 Å². The molecule has 4 aliphatic heterocycles. The van der Waals surface area contributed by atoms with Crippen molar-refractivity contribution in [1.29, 1.82) is 0 Å². The van der Waals surface area contributed by atoms with Crippen LogP contribution in [0.1, 0.15) is 35.7 Å². The van der Waals surface area contributed by atoms with Crippen LogP contribution in [0.3, 0.4) is 0 Å². The van der Waals surface area contributed by atoms with Gasteiger partial charge >= 0.3 is 0 Å². The highest BCUT2D eigenvalue weighted by Crippen LogP contribution is 2.37. The lowest BCUT2D eigenvalue weighted by Crippen LogP contribution is -2.47. The zero-order chi connectivity index (χ0) is 34.2. The third kappa shape index (κ3) is 6.39. The van der Waals surface area contributed by atoms with Gasteiger partial charge in [-0.3, -0.25) is 9.69 Å². The van der Waals surface area contributed by atoms with E-state index < -0.39 is 33.8 Å². The molecule has 1 unspecified atom stereocenters. The number of fused-ring (bicyclic) bond motifs is 2. The van der Waals surface area contributed by atoms with E-state index in [1.165, 1.54) is 16.4 Å². The van der Waals surface area contributed by atoms with Gasteiger partial charge in [0.1, 0.15) is 11.9 Å². The topological polar surface area (TPSA) is 136 Å². The molecule has 15 heteroatoms. The summed E-state index contributed by atoms with van der Waals surface area (Å²) < 4.78 is 64.0. The first kappa shape index (κ1) is 32.2. The first-order valence-electron chi connectivity index (χ1n) is 16.5. The van der Waals surface area contributed by atoms with Gasteiger partial charge in [0.25, 0.3) is 0 Å². The number of ether oxygens (including phenoxy) is 4. The smallest absolute Gasteiger partial charge is 0.243 e. The Balaban J connectivity index is 1.01. The largest absolute Gasteiger partial charge is 0.454 e. The fourth-order valence-electron chi connectivity index (χ4n) is 6.77. The predicted octanol–water partition coefficient (Wildman–Crippen LogP) is 3.45. The molecule has 2 fully saturated rings. The van der Waals surface area contributed by atoms with Crippen molar-refractivity contribution in [3.05, 3.63) is 95.6 Å². The van der Waals surface area contributed by atoms with Gasteiger partial charge in [-0.25, -0.2) is 22.8 Å². The molecule has 1 amide bonds. The summed E-state index contributed by atoms with van der Waals surface area (Å²) in [6.07, 6.45) is 2.51. The number of carbonyl (C=O) groups is 1. The van der Waals surface area contributed by atoms with Crippen LogP contribution < -0.4 is 29.2 Å². The Morgan fingerprint density at radius 2 is 1.56 bits per heavy atom. The van der Waals surface area contributed by atoms with Crippen molar-refractivity contribution in [2.45, 2.75) is 36.4 Å². The molecule has 4 aromatic rings. The molecule has 5 heterocycles. The van der Waals surface area contributed by atoms with Crippen molar-refractivity contribution >= 4 is 21.9 Å². The number of carbonyl (C=O) groups excluding carboxylic acids is 1. The van der Waals surface area contributed by atoms with Crippen LogP contribution in [0, 0.1) is 5.82 Å². The van der Waals surface area contributed by atoms with Crippen LogP contribution in [0.2, 0.25) is 0 Å². The molecule has 8 rings (SSSR count). The summed E-state index contributed by atoms with van der Waals surface area (Å²) in [7, 11) is -4.05. The molecular formula is C35H35FN6O7S. The minimum atomic E-state index is -4.05. The van der Waals surface area contributed by atoms with Gasteiger partial charge in [-0.15, -0.1) is 0 Å². The number of nitrogens with zero attached hydrogens (tertiary/aromatic N) is 5. The lowest BCUT2D eigenvalue weighted by atomic mass is 10.0. The maximum absolute atomic E-state index is 14.0. The fraction of sp³-hybridized carbons (Fsp3) is 0.343. The fourth-order valence-corrected chi connectivity index (χ4v) is 8.43. The Morgan fingerprint density at radius 1 is 0.860 bits per heavy atom. The third-order valence-electron chi connectivity index (χ3n) is 9.40. The predicted molar refractivity (Wildman–Crippen MR) is 178 cm³/mol. The van der Waals surface area contributed by atoms with Crippen molar-refractivity contribution in [2.24, 2.45) is 0 Å². The molecule has 2 atom stereocenters. The average Bonchev–Trinajstić information content (AvgIpc) is 3.92. The van der Waals surface area contributed by atoms with Gasteiger partial charge in [0.15, 0.2) is 23.0 Å². The van der Waals surface area contributed by atoms with Gasteiger partial charge in [-0.2, -0.15) is 4.31 Å². The molecule has 13 nitrogen and oxygen atoms in total. The lowest BCUT2D eigenvalue weighted by molar-refractivity contribution is -0.124. The van der Waals surface area contributed by atoms with E-state index in [-0.39, 0.29) is 25.0 Å². The highest BCUT2D eigenvalue weighted by atomic mass is 32.2. The number of hydrogen-bond donors (Lipinski definition) is 1. The molecule has 0 radical (unpaired) electrons. The monoisotopic (exact) mass is 702 g/mol. The van der Waals surface area contributed by atoms with E-state index in [2.05, 4.69) is 26.2 Å². The summed E-state index contributed by atoms with van der Waals surface area (Å²) in [6.45, 7) is 4.28. The number of hydrogen-bond acceptors (Lipinski definition) is 11. The number of benzene rings is 3. The second kappa shape index (κ2) is 13.4. The highest BCUT2D eigenvalue weighted by Gasteiger charge is 2.40. The summed E-state index contributed by atoms with van der Waals surface area (Å²) in [4.78, 5) is 27.9. The first-order chi connectivity index (χ1) is 24.3. The normalized spacial score (nSPS) is 19.5. The molecule has 260 valence electrons. The number of piperazine rings is 1. The van der Waals surface area contributed by atoms with Crippen LogP contribution in [0.15, 0.2) is 77.8 Å². The zero-order valence-electron chi connectivity index (χ0n) is 27.0. The Kier molecular flexibility index (Phi) is 8.62. The summed E-state index contributed by atoms with van der Waals surface area (Å²) in [6, 6.07) is 16.1. The average molecular weight is 703 g/mol. The van der Waals surface area contributed by atoms with Gasteiger partial charge in [-0.05, 0) is 78.6 Å². The van der Waals surface area contributed by atoms with E-state index in [1.807, 2.05) is 18.2 Å². The highest BCUT2D eigenvalue weighted by molar-refractivity contribution is 7.89. The lowest BCUT2D eigenvalue weighted by Gasteiger charge is -2.35. The van der Waals surface area contributed by atoms with Gasteiger partial charge in [0.05, 0.1) is 16.6 Å². The molecule has 2 saturated heterocycles. The quantitative estimate of drug-likeness (QED) is 0.275. The number of amides is 1. The van der Waals surface area contributed by atoms with Gasteiger partial charge in [-0.1, -0.05) is 12.1 Å². The second-order valence-electron chi connectivity index (χ2n) is 12.5. The first-order valence-corrected chi connectivity index (χ1v) is 17.9. The van der Waals surface area contributed by atoms with Crippen LogP contribution in [0.5, 0.6) is 23.0 Å². The Morgan fingerprint density at radius 3 is 2.32 bits per heavy atom. The number of anilines is 1. The van der Waals surface area contributed by atoms with Crippen molar-refractivity contribution in [3.8, 4) is 23.0 Å². The van der Waals surface area contributed by atoms with Crippen LogP contribution in [0.4, 0.5) is 10.3 Å². The van der Waals surface area contributed by atoms with Gasteiger partial charge < -0.3 is 29.2 Å². The van der Waals surface area contributed by atoms with E-state index in [4.69, 9.17) is 23.9 Å². The molecule has 0 spiro atoms. The number of aromatic nitrogens is 2. The van der Waals surface area contributed by atoms with E-state index >= 15 is 0 Å². The van der Waals surface area contributed by atoms with Crippen molar-refractivity contribution in [2.75, 3.05) is 51.2 Å². The second-order valence-corrected chi connectivity index (χ2v) is 14.4. The van der Waals surface area contributed by atoms with Crippen LogP contribution in [0.25, 0.3) is 0 Å². The molecular weight excluding hydrogens is 667 g/mol. The minimum absolute atomic E-state index is 0.0673. The van der Waals surface area contributed by atoms with Crippen LogP contribution >= 0.6 is 0 Å².